The summed E-state index contributed by atoms with van der Waals surface area (Å²) in [5, 5.41) is 1.91. The molecule has 0 saturated carbocycles. The highest BCUT2D eigenvalue weighted by molar-refractivity contribution is 7.98. The van der Waals surface area contributed by atoms with Crippen molar-refractivity contribution in [3.8, 4) is 16.9 Å². The van der Waals surface area contributed by atoms with Gasteiger partial charge in [-0.1, -0.05) is 74.5 Å². The average molecular weight is 611 g/mol. The van der Waals surface area contributed by atoms with Gasteiger partial charge in [-0.15, -0.1) is 23.5 Å². The third-order valence-electron chi connectivity index (χ3n) is 8.91. The molecule has 0 spiro atoms. The first-order chi connectivity index (χ1) is 20.6. The van der Waals surface area contributed by atoms with Crippen LogP contribution in [0.5, 0.6) is 5.75 Å². The number of thioether (sulfide) groups is 2. The van der Waals surface area contributed by atoms with Crippen molar-refractivity contribution in [3.05, 3.63) is 130 Å². The first kappa shape index (κ1) is 28.2. The largest absolute Gasteiger partial charge is 0.472 e. The normalized spacial score (nSPS) is 16.0. The van der Waals surface area contributed by atoms with Gasteiger partial charge in [-0.2, -0.15) is 13.2 Å². The summed E-state index contributed by atoms with van der Waals surface area (Å²) in [6.07, 6.45) is 3.95. The summed E-state index contributed by atoms with van der Waals surface area (Å²) in [6, 6.07) is 29.2. The molecule has 6 heteroatoms. The van der Waals surface area contributed by atoms with E-state index in [2.05, 4.69) is 85.3 Å². The van der Waals surface area contributed by atoms with Gasteiger partial charge in [0.1, 0.15) is 5.75 Å². The molecule has 0 unspecified atom stereocenters. The molecule has 1 nitrogen and oxygen atoms in total. The van der Waals surface area contributed by atoms with Crippen LogP contribution < -0.4 is 4.74 Å². The van der Waals surface area contributed by atoms with Crippen LogP contribution in [0, 0.1) is 0 Å². The van der Waals surface area contributed by atoms with Gasteiger partial charge in [-0.25, -0.2) is 0 Å². The second-order valence-corrected chi connectivity index (χ2v) is 13.3. The Morgan fingerprint density at radius 1 is 0.721 bits per heavy atom. The topological polar surface area (TPSA) is 9.23 Å². The second kappa shape index (κ2) is 9.96. The summed E-state index contributed by atoms with van der Waals surface area (Å²) >= 11 is 3.38. The molecule has 1 aliphatic carbocycles. The van der Waals surface area contributed by atoms with Gasteiger partial charge < -0.3 is 4.74 Å². The molecule has 5 aromatic carbocycles. The van der Waals surface area contributed by atoms with Crippen molar-refractivity contribution in [3.63, 3.8) is 0 Å². The van der Waals surface area contributed by atoms with Gasteiger partial charge >= 0.3 is 6.18 Å². The van der Waals surface area contributed by atoms with Crippen molar-refractivity contribution in [1.82, 2.24) is 0 Å². The number of rotatable bonds is 4. The van der Waals surface area contributed by atoms with E-state index in [0.29, 0.717) is 5.56 Å². The predicted molar refractivity (Wildman–Crippen MR) is 173 cm³/mol. The summed E-state index contributed by atoms with van der Waals surface area (Å²) in [4.78, 5) is 2.33. The van der Waals surface area contributed by atoms with E-state index < -0.39 is 22.8 Å². The van der Waals surface area contributed by atoms with Gasteiger partial charge in [0.2, 0.25) is 0 Å². The van der Waals surface area contributed by atoms with Crippen molar-refractivity contribution in [2.24, 2.45) is 0 Å². The standard InChI is InChI=1S/C37H29F3OS2/c1-35(2)31-21-24(37(38,39)40)13-18-29(31)32-27-7-5-6-8-28(27)34-30(33(32)35)19-20-36(41-34,22-9-14-25(42-3)15-10-22)23-11-16-26(43-4)17-12-23/h5-21H,1-4H3. The molecule has 43 heavy (non-hydrogen) atoms. The van der Waals surface area contributed by atoms with Crippen molar-refractivity contribution >= 4 is 40.4 Å². The summed E-state index contributed by atoms with van der Waals surface area (Å²) in [5.74, 6) is 0.747. The number of fused-ring (bicyclic) bond motifs is 8. The van der Waals surface area contributed by atoms with Crippen molar-refractivity contribution in [1.29, 1.82) is 0 Å². The Labute approximate surface area is 258 Å². The lowest BCUT2D eigenvalue weighted by Gasteiger charge is -2.38. The van der Waals surface area contributed by atoms with Gasteiger partial charge in [-0.05, 0) is 82.6 Å². The van der Waals surface area contributed by atoms with E-state index in [0.717, 1.165) is 59.7 Å². The van der Waals surface area contributed by atoms with Gasteiger partial charge in [-0.3, -0.25) is 0 Å². The molecule has 0 radical (unpaired) electrons. The molecule has 0 atom stereocenters. The predicted octanol–water partition coefficient (Wildman–Crippen LogP) is 11.0. The zero-order chi connectivity index (χ0) is 30.1. The molecule has 7 rings (SSSR count). The third-order valence-corrected chi connectivity index (χ3v) is 10.4. The summed E-state index contributed by atoms with van der Waals surface area (Å²) in [5.41, 5.74) is 4.24. The molecule has 1 aliphatic heterocycles. The Morgan fingerprint density at radius 2 is 1.30 bits per heavy atom. The first-order valence-corrected chi connectivity index (χ1v) is 16.5. The summed E-state index contributed by atoms with van der Waals surface area (Å²) in [7, 11) is 0. The maximum absolute atomic E-state index is 13.8. The fraction of sp³-hybridized carbons (Fsp3) is 0.189. The van der Waals surface area contributed by atoms with Gasteiger partial charge in [0.25, 0.3) is 0 Å². The molecule has 0 saturated heterocycles. The molecular formula is C37H29F3OS2. The molecule has 1 heterocycles. The molecular weight excluding hydrogens is 582 g/mol. The maximum atomic E-state index is 13.8. The van der Waals surface area contributed by atoms with E-state index in [9.17, 15) is 13.2 Å². The smallest absolute Gasteiger partial charge is 0.416 e. The number of ether oxygens (including phenoxy) is 1. The second-order valence-electron chi connectivity index (χ2n) is 11.5. The van der Waals surface area contributed by atoms with E-state index in [1.807, 2.05) is 26.0 Å². The van der Waals surface area contributed by atoms with E-state index in [-0.39, 0.29) is 0 Å². The zero-order valence-corrected chi connectivity index (χ0v) is 25.8. The zero-order valence-electron chi connectivity index (χ0n) is 24.2. The molecule has 2 aliphatic rings. The van der Waals surface area contributed by atoms with Crippen LogP contribution in [-0.4, -0.2) is 12.5 Å². The van der Waals surface area contributed by atoms with E-state index in [4.69, 9.17) is 4.74 Å². The minimum absolute atomic E-state index is 0.626. The summed E-state index contributed by atoms with van der Waals surface area (Å²) in [6.45, 7) is 4.04. The van der Waals surface area contributed by atoms with Crippen LogP contribution in [0.1, 0.15) is 47.2 Å². The van der Waals surface area contributed by atoms with E-state index >= 15 is 0 Å². The van der Waals surface area contributed by atoms with Crippen molar-refractivity contribution < 1.29 is 17.9 Å². The van der Waals surface area contributed by atoms with Crippen LogP contribution in [0.2, 0.25) is 0 Å². The van der Waals surface area contributed by atoms with Crippen molar-refractivity contribution in [2.45, 2.75) is 40.8 Å². The molecule has 0 N–H and O–H groups in total. The fourth-order valence-electron chi connectivity index (χ4n) is 6.77. The van der Waals surface area contributed by atoms with Gasteiger partial charge in [0.05, 0.1) is 5.56 Å². The molecule has 0 bridgehead atoms. The highest BCUT2D eigenvalue weighted by Crippen LogP contribution is 2.58. The lowest BCUT2D eigenvalue weighted by Crippen LogP contribution is -2.35. The lowest BCUT2D eigenvalue weighted by atomic mass is 9.76. The van der Waals surface area contributed by atoms with Crippen LogP contribution in [0.15, 0.2) is 107 Å². The Bertz CT molecular complexity index is 1870. The molecule has 5 aromatic rings. The molecule has 0 amide bonds. The minimum atomic E-state index is -4.42. The number of halogens is 3. The molecule has 216 valence electrons. The fourth-order valence-corrected chi connectivity index (χ4v) is 7.58. The Kier molecular flexibility index (Phi) is 6.53. The van der Waals surface area contributed by atoms with Crippen LogP contribution in [0.3, 0.4) is 0 Å². The van der Waals surface area contributed by atoms with Crippen LogP contribution in [0.4, 0.5) is 13.2 Å². The highest BCUT2D eigenvalue weighted by atomic mass is 32.2. The molecule has 0 fully saturated rings. The SMILES string of the molecule is CSc1ccc(C2(c3ccc(SC)cc3)C=Cc3c4c(c5ccccc5c3O2)-c2ccc(C(F)(F)F)cc2C4(C)C)cc1. The van der Waals surface area contributed by atoms with E-state index in [1.165, 1.54) is 12.1 Å². The Hall–Kier alpha value is -3.61. The van der Waals surface area contributed by atoms with Crippen molar-refractivity contribution in [2.75, 3.05) is 12.5 Å². The maximum Gasteiger partial charge on any atom is 0.416 e. The highest BCUT2D eigenvalue weighted by Gasteiger charge is 2.45. The average Bonchev–Trinajstić information content (AvgIpc) is 3.27. The first-order valence-electron chi connectivity index (χ1n) is 14.1. The number of alkyl halides is 3. The Balaban J connectivity index is 1.50. The van der Waals surface area contributed by atoms with Crippen LogP contribution in [0.25, 0.3) is 28.0 Å². The Morgan fingerprint density at radius 3 is 1.86 bits per heavy atom. The number of hydrogen-bond acceptors (Lipinski definition) is 3. The quantitative estimate of drug-likeness (QED) is 0.187. The lowest BCUT2D eigenvalue weighted by molar-refractivity contribution is -0.137. The van der Waals surface area contributed by atoms with Crippen LogP contribution >= 0.6 is 23.5 Å². The number of hydrogen-bond donors (Lipinski definition) is 0. The van der Waals surface area contributed by atoms with Gasteiger partial charge in [0, 0.05) is 37.3 Å². The number of benzene rings is 5. The third kappa shape index (κ3) is 4.25. The minimum Gasteiger partial charge on any atom is -0.472 e. The summed E-state index contributed by atoms with van der Waals surface area (Å²) < 4.78 is 48.8. The van der Waals surface area contributed by atoms with E-state index in [1.54, 1.807) is 29.6 Å². The van der Waals surface area contributed by atoms with Gasteiger partial charge in [0.15, 0.2) is 5.60 Å². The van der Waals surface area contributed by atoms with Crippen LogP contribution in [-0.2, 0) is 17.2 Å². The monoisotopic (exact) mass is 610 g/mol. The molecule has 0 aromatic heterocycles.